The lowest BCUT2D eigenvalue weighted by Gasteiger charge is -2.29. The lowest BCUT2D eigenvalue weighted by Crippen LogP contribution is -2.50. The number of carbonyl (C=O) groups excluding carboxylic acids is 1. The van der Waals surface area contributed by atoms with E-state index in [0.717, 1.165) is 35.5 Å². The van der Waals surface area contributed by atoms with E-state index >= 15 is 0 Å². The van der Waals surface area contributed by atoms with Crippen LogP contribution in [0.25, 0.3) is 0 Å². The second kappa shape index (κ2) is 6.38. The molecular weight excluding hydrogens is 343 g/mol. The quantitative estimate of drug-likeness (QED) is 0.831. The lowest BCUT2D eigenvalue weighted by atomic mass is 10.3. The summed E-state index contributed by atoms with van der Waals surface area (Å²) in [5, 5.41) is 3.23. The van der Waals surface area contributed by atoms with Crippen LogP contribution < -0.4 is 10.1 Å². The van der Waals surface area contributed by atoms with E-state index in [9.17, 15) is 4.79 Å². The van der Waals surface area contributed by atoms with Crippen molar-refractivity contribution in [3.05, 3.63) is 27.8 Å². The molecule has 0 radical (unpaired) electrons. The molecule has 1 atom stereocenters. The van der Waals surface area contributed by atoms with E-state index in [4.69, 9.17) is 4.74 Å². The Balaban J connectivity index is 1.94. The van der Waals surface area contributed by atoms with Crippen LogP contribution in [0.2, 0.25) is 0 Å². The molecule has 1 N–H and O–H groups in total. The summed E-state index contributed by atoms with van der Waals surface area (Å²) in [7, 11) is 0. The number of nitrogens with zero attached hydrogens (tertiary/aromatic N) is 1. The third kappa shape index (κ3) is 3.58. The molecule has 0 bridgehead atoms. The fourth-order valence-electron chi connectivity index (χ4n) is 1.94. The molecule has 4 nitrogen and oxygen atoms in total. The number of amides is 1. The van der Waals surface area contributed by atoms with Crippen molar-refractivity contribution in [2.45, 2.75) is 13.0 Å². The predicted molar refractivity (Wildman–Crippen MR) is 78.7 cm³/mol. The molecule has 1 aromatic rings. The largest absolute Gasteiger partial charge is 0.481 e. The van der Waals surface area contributed by atoms with E-state index in [-0.39, 0.29) is 5.91 Å². The highest BCUT2D eigenvalue weighted by atomic mass is 127. The average Bonchev–Trinajstić information content (AvgIpc) is 2.39. The SMILES string of the molecule is CC(Oc1cccc(I)c1)C(=O)N1CCNCC1. The van der Waals surface area contributed by atoms with Crippen molar-refractivity contribution < 1.29 is 9.53 Å². The minimum atomic E-state index is -0.429. The third-order valence-electron chi connectivity index (χ3n) is 2.89. The van der Waals surface area contributed by atoms with Crippen LogP contribution in [0.15, 0.2) is 24.3 Å². The molecule has 2 rings (SSSR count). The first-order valence-corrected chi connectivity index (χ1v) is 7.16. The van der Waals surface area contributed by atoms with E-state index in [2.05, 4.69) is 27.9 Å². The maximum atomic E-state index is 12.2. The van der Waals surface area contributed by atoms with Gasteiger partial charge in [-0.25, -0.2) is 0 Å². The van der Waals surface area contributed by atoms with Crippen molar-refractivity contribution in [2.75, 3.05) is 26.2 Å². The number of nitrogens with one attached hydrogen (secondary N) is 1. The monoisotopic (exact) mass is 360 g/mol. The zero-order valence-corrected chi connectivity index (χ0v) is 12.5. The van der Waals surface area contributed by atoms with Crippen LogP contribution in [-0.4, -0.2) is 43.1 Å². The Hall–Kier alpha value is -0.820. The Labute approximate surface area is 121 Å². The zero-order valence-electron chi connectivity index (χ0n) is 10.4. The highest BCUT2D eigenvalue weighted by Gasteiger charge is 2.23. The molecule has 1 unspecified atom stereocenters. The molecule has 1 heterocycles. The maximum absolute atomic E-state index is 12.2. The standard InChI is InChI=1S/C13H17IN2O2/c1-10(13(17)16-7-5-15-6-8-16)18-12-4-2-3-11(14)9-12/h2-4,9-10,15H,5-8H2,1H3. The van der Waals surface area contributed by atoms with E-state index in [1.165, 1.54) is 0 Å². The number of hydrogen-bond acceptors (Lipinski definition) is 3. The fourth-order valence-corrected chi connectivity index (χ4v) is 2.45. The van der Waals surface area contributed by atoms with Gasteiger partial charge in [0.15, 0.2) is 6.10 Å². The molecule has 1 amide bonds. The van der Waals surface area contributed by atoms with Crippen molar-refractivity contribution in [3.63, 3.8) is 0 Å². The van der Waals surface area contributed by atoms with Crippen molar-refractivity contribution >= 4 is 28.5 Å². The van der Waals surface area contributed by atoms with E-state index < -0.39 is 6.10 Å². The van der Waals surface area contributed by atoms with Crippen molar-refractivity contribution in [1.29, 1.82) is 0 Å². The third-order valence-corrected chi connectivity index (χ3v) is 3.56. The smallest absolute Gasteiger partial charge is 0.263 e. The summed E-state index contributed by atoms with van der Waals surface area (Å²) in [4.78, 5) is 14.0. The summed E-state index contributed by atoms with van der Waals surface area (Å²) in [6.07, 6.45) is -0.429. The minimum Gasteiger partial charge on any atom is -0.481 e. The van der Waals surface area contributed by atoms with Gasteiger partial charge in [-0.15, -0.1) is 0 Å². The molecule has 1 aliphatic heterocycles. The number of hydrogen-bond donors (Lipinski definition) is 1. The van der Waals surface area contributed by atoms with Crippen molar-refractivity contribution in [3.8, 4) is 5.75 Å². The highest BCUT2D eigenvalue weighted by molar-refractivity contribution is 14.1. The van der Waals surface area contributed by atoms with Gasteiger partial charge in [0.1, 0.15) is 5.75 Å². The van der Waals surface area contributed by atoms with Gasteiger partial charge in [-0.2, -0.15) is 0 Å². The first kappa shape index (κ1) is 13.6. The second-order valence-corrected chi connectivity index (χ2v) is 5.54. The van der Waals surface area contributed by atoms with Crippen LogP contribution >= 0.6 is 22.6 Å². The van der Waals surface area contributed by atoms with Gasteiger partial charge in [0, 0.05) is 29.7 Å². The highest BCUT2D eigenvalue weighted by Crippen LogP contribution is 2.16. The van der Waals surface area contributed by atoms with Crippen LogP contribution in [0.1, 0.15) is 6.92 Å². The summed E-state index contributed by atoms with van der Waals surface area (Å²) in [5.74, 6) is 0.813. The van der Waals surface area contributed by atoms with Gasteiger partial charge in [-0.3, -0.25) is 4.79 Å². The predicted octanol–water partition coefficient (Wildman–Crippen LogP) is 1.49. The number of benzene rings is 1. The van der Waals surface area contributed by atoms with E-state index in [1.54, 1.807) is 0 Å². The van der Waals surface area contributed by atoms with Crippen LogP contribution in [0.4, 0.5) is 0 Å². The second-order valence-electron chi connectivity index (χ2n) is 4.29. The van der Waals surface area contributed by atoms with E-state index in [1.807, 2.05) is 36.1 Å². The van der Waals surface area contributed by atoms with Gasteiger partial charge >= 0.3 is 0 Å². The molecule has 98 valence electrons. The summed E-state index contributed by atoms with van der Waals surface area (Å²) >= 11 is 2.23. The molecule has 1 aromatic carbocycles. The molecule has 1 fully saturated rings. The Bertz CT molecular complexity index is 419. The molecule has 1 saturated heterocycles. The molecule has 0 saturated carbocycles. The number of ether oxygens (including phenoxy) is 1. The summed E-state index contributed by atoms with van der Waals surface area (Å²) in [6.45, 7) is 5.06. The summed E-state index contributed by atoms with van der Waals surface area (Å²) < 4.78 is 6.80. The Morgan fingerprint density at radius 3 is 2.83 bits per heavy atom. The van der Waals surface area contributed by atoms with Crippen LogP contribution in [0, 0.1) is 3.57 Å². The molecule has 18 heavy (non-hydrogen) atoms. The fraction of sp³-hybridized carbons (Fsp3) is 0.462. The molecule has 0 spiro atoms. The van der Waals surface area contributed by atoms with Gasteiger partial charge in [-0.1, -0.05) is 6.07 Å². The molecule has 5 heteroatoms. The topological polar surface area (TPSA) is 41.6 Å². The summed E-state index contributed by atoms with van der Waals surface area (Å²) in [5.41, 5.74) is 0. The molecular formula is C13H17IN2O2. The van der Waals surface area contributed by atoms with Crippen LogP contribution in [0.3, 0.4) is 0 Å². The Morgan fingerprint density at radius 1 is 1.44 bits per heavy atom. The normalized spacial score (nSPS) is 17.3. The zero-order chi connectivity index (χ0) is 13.0. The number of piperazine rings is 1. The molecule has 0 aromatic heterocycles. The van der Waals surface area contributed by atoms with Gasteiger partial charge in [0.05, 0.1) is 0 Å². The average molecular weight is 360 g/mol. The van der Waals surface area contributed by atoms with Crippen LogP contribution in [-0.2, 0) is 4.79 Å². The van der Waals surface area contributed by atoms with Gasteiger partial charge in [-0.05, 0) is 47.7 Å². The number of halogens is 1. The molecule has 1 aliphatic rings. The minimum absolute atomic E-state index is 0.0651. The molecule has 0 aliphatic carbocycles. The van der Waals surface area contributed by atoms with Crippen molar-refractivity contribution in [1.82, 2.24) is 10.2 Å². The lowest BCUT2D eigenvalue weighted by molar-refractivity contribution is -0.138. The van der Waals surface area contributed by atoms with Gasteiger partial charge in [0.2, 0.25) is 0 Å². The Kier molecular flexibility index (Phi) is 4.82. The Morgan fingerprint density at radius 2 is 2.17 bits per heavy atom. The number of carbonyl (C=O) groups is 1. The van der Waals surface area contributed by atoms with Gasteiger partial charge < -0.3 is 15.0 Å². The first-order valence-electron chi connectivity index (χ1n) is 6.08. The van der Waals surface area contributed by atoms with E-state index in [0.29, 0.717) is 0 Å². The number of rotatable bonds is 3. The van der Waals surface area contributed by atoms with Crippen LogP contribution in [0.5, 0.6) is 5.75 Å². The maximum Gasteiger partial charge on any atom is 0.263 e. The summed E-state index contributed by atoms with van der Waals surface area (Å²) in [6, 6.07) is 7.74. The first-order chi connectivity index (χ1) is 8.66. The van der Waals surface area contributed by atoms with Crippen molar-refractivity contribution in [2.24, 2.45) is 0 Å². The van der Waals surface area contributed by atoms with Gasteiger partial charge in [0.25, 0.3) is 5.91 Å².